The quantitative estimate of drug-likeness (QED) is 0.281. The summed E-state index contributed by atoms with van der Waals surface area (Å²) in [5.74, 6) is -0.182. The van der Waals surface area contributed by atoms with E-state index in [0.717, 1.165) is 45.6 Å². The van der Waals surface area contributed by atoms with Gasteiger partial charge in [-0.25, -0.2) is 4.98 Å². The van der Waals surface area contributed by atoms with Crippen molar-refractivity contribution in [2.75, 3.05) is 32.1 Å². The van der Waals surface area contributed by atoms with Crippen LogP contribution in [0.15, 0.2) is 30.3 Å². The molecular formula is C21H24N4O3S2. The van der Waals surface area contributed by atoms with Crippen LogP contribution in [0.5, 0.6) is 0 Å². The molecular weight excluding hydrogens is 420 g/mol. The zero-order chi connectivity index (χ0) is 21.8. The highest BCUT2D eigenvalue weighted by Gasteiger charge is 2.19. The molecule has 0 atom stereocenters. The minimum absolute atomic E-state index is 0.0574. The molecule has 2 aromatic heterocycles. The molecule has 0 aliphatic carbocycles. The summed E-state index contributed by atoms with van der Waals surface area (Å²) >= 11 is 2.56. The molecule has 9 heteroatoms. The molecule has 1 aromatic carbocycles. The van der Waals surface area contributed by atoms with Crippen LogP contribution < -0.4 is 4.90 Å². The molecule has 158 valence electrons. The molecule has 0 radical (unpaired) electrons. The van der Waals surface area contributed by atoms with Crippen molar-refractivity contribution < 1.29 is 9.72 Å². The van der Waals surface area contributed by atoms with E-state index < -0.39 is 4.92 Å². The predicted octanol–water partition coefficient (Wildman–Crippen LogP) is 4.88. The van der Waals surface area contributed by atoms with Crippen molar-refractivity contribution in [1.82, 2.24) is 9.88 Å². The van der Waals surface area contributed by atoms with Crippen LogP contribution in [0.1, 0.15) is 22.4 Å². The summed E-state index contributed by atoms with van der Waals surface area (Å²) in [6, 6.07) is 7.24. The van der Waals surface area contributed by atoms with Crippen molar-refractivity contribution in [1.29, 1.82) is 0 Å². The first-order valence-electron chi connectivity index (χ1n) is 9.51. The Kier molecular flexibility index (Phi) is 6.96. The van der Waals surface area contributed by atoms with Gasteiger partial charge in [-0.3, -0.25) is 19.8 Å². The Morgan fingerprint density at radius 2 is 1.97 bits per heavy atom. The number of thiophene rings is 1. The third-order valence-corrected chi connectivity index (χ3v) is 6.71. The van der Waals surface area contributed by atoms with Gasteiger partial charge in [0.1, 0.15) is 0 Å². The third kappa shape index (κ3) is 5.29. The van der Waals surface area contributed by atoms with Gasteiger partial charge in [0, 0.05) is 23.6 Å². The van der Waals surface area contributed by atoms with Gasteiger partial charge in [0.05, 0.1) is 15.1 Å². The summed E-state index contributed by atoms with van der Waals surface area (Å²) in [7, 11) is 4.00. The summed E-state index contributed by atoms with van der Waals surface area (Å²) in [6.07, 6.45) is 3.90. The van der Waals surface area contributed by atoms with Gasteiger partial charge < -0.3 is 4.90 Å². The van der Waals surface area contributed by atoms with Crippen molar-refractivity contribution in [3.63, 3.8) is 0 Å². The van der Waals surface area contributed by atoms with Crippen molar-refractivity contribution in [3.05, 3.63) is 56.5 Å². The van der Waals surface area contributed by atoms with Gasteiger partial charge >= 0.3 is 5.00 Å². The second-order valence-electron chi connectivity index (χ2n) is 7.34. The fourth-order valence-electron chi connectivity index (χ4n) is 3.10. The topological polar surface area (TPSA) is 79.6 Å². The number of carbonyl (C=O) groups excluding carboxylic acids is 1. The number of benzene rings is 1. The molecule has 0 aliphatic heterocycles. The van der Waals surface area contributed by atoms with E-state index in [-0.39, 0.29) is 10.9 Å². The highest BCUT2D eigenvalue weighted by molar-refractivity contribution is 7.22. The molecule has 0 saturated heterocycles. The molecule has 0 aliphatic rings. The standard InChI is InChI=1S/C21H24N4O3S2/c1-14-12-15(2)20-17(13-14)22-21(30-20)24(11-5-10-23(3)4)18(26)8-6-16-7-9-19(29-16)25(27)28/h6-9,12-13H,5,10-11H2,1-4H3/b8-6+. The van der Waals surface area contributed by atoms with E-state index >= 15 is 0 Å². The maximum absolute atomic E-state index is 13.0. The number of hydrogen-bond acceptors (Lipinski definition) is 7. The number of amides is 1. The van der Waals surface area contributed by atoms with Crippen LogP contribution in [0.2, 0.25) is 0 Å². The molecule has 0 bridgehead atoms. The molecule has 0 N–H and O–H groups in total. The van der Waals surface area contributed by atoms with Crippen LogP contribution in [-0.4, -0.2) is 47.9 Å². The van der Waals surface area contributed by atoms with Crippen molar-refractivity contribution >= 4 is 55.0 Å². The van der Waals surface area contributed by atoms with Gasteiger partial charge in [-0.15, -0.1) is 0 Å². The summed E-state index contributed by atoms with van der Waals surface area (Å²) in [5.41, 5.74) is 3.19. The smallest absolute Gasteiger partial charge is 0.309 e. The summed E-state index contributed by atoms with van der Waals surface area (Å²) in [5, 5.41) is 11.6. The number of aryl methyl sites for hydroxylation is 2. The summed E-state index contributed by atoms with van der Waals surface area (Å²) in [6.45, 7) is 5.49. The number of thiazole rings is 1. The maximum Gasteiger partial charge on any atom is 0.324 e. The van der Waals surface area contributed by atoms with Gasteiger partial charge in [-0.1, -0.05) is 28.7 Å². The second-order valence-corrected chi connectivity index (χ2v) is 9.41. The molecule has 0 spiro atoms. The lowest BCUT2D eigenvalue weighted by atomic mass is 10.1. The number of anilines is 1. The van der Waals surface area contributed by atoms with Gasteiger partial charge in [0.2, 0.25) is 0 Å². The average molecular weight is 445 g/mol. The Morgan fingerprint density at radius 3 is 2.63 bits per heavy atom. The van der Waals surface area contributed by atoms with Crippen LogP contribution >= 0.6 is 22.7 Å². The van der Waals surface area contributed by atoms with Crippen LogP contribution in [0, 0.1) is 24.0 Å². The van der Waals surface area contributed by atoms with Gasteiger partial charge in [0.15, 0.2) is 5.13 Å². The number of nitrogens with zero attached hydrogens (tertiary/aromatic N) is 4. The molecule has 3 aromatic rings. The Morgan fingerprint density at radius 1 is 1.20 bits per heavy atom. The third-order valence-electron chi connectivity index (χ3n) is 4.48. The molecule has 1 amide bonds. The molecule has 0 unspecified atom stereocenters. The van der Waals surface area contributed by atoms with E-state index in [9.17, 15) is 14.9 Å². The minimum atomic E-state index is -0.428. The Hall–Kier alpha value is -2.62. The lowest BCUT2D eigenvalue weighted by Crippen LogP contribution is -2.32. The molecule has 3 rings (SSSR count). The number of hydrogen-bond donors (Lipinski definition) is 0. The zero-order valence-corrected chi connectivity index (χ0v) is 19.0. The first-order chi connectivity index (χ1) is 14.2. The van der Waals surface area contributed by atoms with E-state index in [1.54, 1.807) is 17.0 Å². The number of carbonyl (C=O) groups is 1. The average Bonchev–Trinajstić information content (AvgIpc) is 3.30. The molecule has 7 nitrogen and oxygen atoms in total. The first-order valence-corrected chi connectivity index (χ1v) is 11.1. The molecule has 30 heavy (non-hydrogen) atoms. The minimum Gasteiger partial charge on any atom is -0.309 e. The SMILES string of the molecule is Cc1cc(C)c2sc(N(CCCN(C)C)C(=O)/C=C/c3ccc([N+](=O)[O-])s3)nc2c1. The predicted molar refractivity (Wildman–Crippen MR) is 125 cm³/mol. The molecule has 0 fully saturated rings. The van der Waals surface area contributed by atoms with E-state index in [0.29, 0.717) is 16.6 Å². The summed E-state index contributed by atoms with van der Waals surface area (Å²) in [4.78, 5) is 32.6. The van der Waals surface area contributed by atoms with Crippen LogP contribution in [-0.2, 0) is 4.79 Å². The lowest BCUT2D eigenvalue weighted by molar-refractivity contribution is -0.380. The number of rotatable bonds is 8. The fraction of sp³-hybridized carbons (Fsp3) is 0.333. The monoisotopic (exact) mass is 444 g/mol. The van der Waals surface area contributed by atoms with Gasteiger partial charge in [-0.2, -0.15) is 0 Å². The number of nitro groups is 1. The van der Waals surface area contributed by atoms with Crippen LogP contribution in [0.3, 0.4) is 0 Å². The van der Waals surface area contributed by atoms with Crippen LogP contribution in [0.4, 0.5) is 10.1 Å². The van der Waals surface area contributed by atoms with E-state index in [2.05, 4.69) is 17.9 Å². The van der Waals surface area contributed by atoms with Crippen molar-refractivity contribution in [2.45, 2.75) is 20.3 Å². The maximum atomic E-state index is 13.0. The van der Waals surface area contributed by atoms with Crippen molar-refractivity contribution in [2.24, 2.45) is 0 Å². The second kappa shape index (κ2) is 9.46. The van der Waals surface area contributed by atoms with Gasteiger partial charge in [-0.05, 0) is 70.2 Å². The number of fused-ring (bicyclic) bond motifs is 1. The largest absolute Gasteiger partial charge is 0.324 e. The van der Waals surface area contributed by atoms with E-state index in [1.807, 2.05) is 27.1 Å². The van der Waals surface area contributed by atoms with E-state index in [4.69, 9.17) is 4.98 Å². The Bertz CT molecular complexity index is 1100. The highest BCUT2D eigenvalue weighted by atomic mass is 32.1. The zero-order valence-electron chi connectivity index (χ0n) is 17.4. The first kappa shape index (κ1) is 22.1. The Labute approximate surface area is 183 Å². The fourth-order valence-corrected chi connectivity index (χ4v) is 4.87. The van der Waals surface area contributed by atoms with E-state index in [1.165, 1.54) is 23.5 Å². The number of aromatic nitrogens is 1. The highest BCUT2D eigenvalue weighted by Crippen LogP contribution is 2.32. The summed E-state index contributed by atoms with van der Waals surface area (Å²) < 4.78 is 1.08. The van der Waals surface area contributed by atoms with Crippen LogP contribution in [0.25, 0.3) is 16.3 Å². The van der Waals surface area contributed by atoms with Gasteiger partial charge in [0.25, 0.3) is 5.91 Å². The lowest BCUT2D eigenvalue weighted by Gasteiger charge is -2.19. The normalized spacial score (nSPS) is 11.6. The Balaban J connectivity index is 1.87. The van der Waals surface area contributed by atoms with Crippen molar-refractivity contribution in [3.8, 4) is 0 Å². The molecule has 2 heterocycles. The molecule has 0 saturated carbocycles.